The zero-order valence-corrected chi connectivity index (χ0v) is 17.7. The summed E-state index contributed by atoms with van der Waals surface area (Å²) in [5, 5.41) is 6.45. The monoisotopic (exact) mass is 423 g/mol. The van der Waals surface area contributed by atoms with E-state index in [0.29, 0.717) is 22.2 Å². The van der Waals surface area contributed by atoms with Crippen LogP contribution in [0.1, 0.15) is 29.2 Å². The lowest BCUT2D eigenvalue weighted by Gasteiger charge is -2.23. The van der Waals surface area contributed by atoms with E-state index in [0.717, 1.165) is 11.0 Å². The number of hydrogen-bond donors (Lipinski definition) is 0. The van der Waals surface area contributed by atoms with Gasteiger partial charge in [-0.3, -0.25) is 9.59 Å². The minimum absolute atomic E-state index is 0.217. The lowest BCUT2D eigenvalue weighted by atomic mass is 10.1. The highest BCUT2D eigenvalue weighted by atomic mass is 16.3. The second-order valence-electron chi connectivity index (χ2n) is 7.73. The normalized spacial score (nSPS) is 12.2. The third-order valence-electron chi connectivity index (χ3n) is 5.77. The van der Waals surface area contributed by atoms with Crippen LogP contribution in [0.5, 0.6) is 0 Å². The predicted molar refractivity (Wildman–Crippen MR) is 124 cm³/mol. The number of nitrogens with zero attached hydrogens (tertiary/aromatic N) is 3. The third-order valence-corrected chi connectivity index (χ3v) is 5.77. The van der Waals surface area contributed by atoms with Crippen molar-refractivity contribution in [2.45, 2.75) is 13.0 Å². The number of benzene rings is 3. The molecule has 0 bridgehead atoms. The highest BCUT2D eigenvalue weighted by Crippen LogP contribution is 2.28. The minimum Gasteiger partial charge on any atom is -0.459 e. The number of fused-ring (bicyclic) bond motifs is 2. The summed E-state index contributed by atoms with van der Waals surface area (Å²) in [6.07, 6.45) is 0. The van der Waals surface area contributed by atoms with Crippen molar-refractivity contribution in [2.75, 3.05) is 7.05 Å². The van der Waals surface area contributed by atoms with E-state index in [9.17, 15) is 9.59 Å². The topological polar surface area (TPSA) is 68.3 Å². The van der Waals surface area contributed by atoms with Gasteiger partial charge in [0.05, 0.1) is 17.1 Å². The molecule has 1 unspecified atom stereocenters. The van der Waals surface area contributed by atoms with Crippen LogP contribution in [-0.2, 0) is 0 Å². The molecule has 0 aliphatic heterocycles. The molecule has 0 N–H and O–H groups in total. The Morgan fingerprint density at radius 2 is 1.59 bits per heavy atom. The molecule has 5 aromatic rings. The number of aromatic nitrogens is 2. The Labute approximate surface area is 184 Å². The van der Waals surface area contributed by atoms with Crippen molar-refractivity contribution in [3.8, 4) is 5.69 Å². The summed E-state index contributed by atoms with van der Waals surface area (Å²) in [7, 11) is 1.72. The van der Waals surface area contributed by atoms with E-state index in [1.54, 1.807) is 48.3 Å². The van der Waals surface area contributed by atoms with Crippen LogP contribution in [0.15, 0.2) is 94.1 Å². The minimum atomic E-state index is -0.326. The molecule has 0 spiro atoms. The van der Waals surface area contributed by atoms with Gasteiger partial charge >= 0.3 is 0 Å². The molecule has 0 aliphatic carbocycles. The molecule has 32 heavy (non-hydrogen) atoms. The van der Waals surface area contributed by atoms with Gasteiger partial charge in [0.15, 0.2) is 5.69 Å². The highest BCUT2D eigenvalue weighted by Gasteiger charge is 2.26. The van der Waals surface area contributed by atoms with Crippen molar-refractivity contribution in [3.63, 3.8) is 0 Å². The van der Waals surface area contributed by atoms with Crippen molar-refractivity contribution in [1.82, 2.24) is 14.7 Å². The first-order valence-corrected chi connectivity index (χ1v) is 10.4. The van der Waals surface area contributed by atoms with Gasteiger partial charge in [-0.25, -0.2) is 0 Å². The fourth-order valence-corrected chi connectivity index (χ4v) is 3.83. The van der Waals surface area contributed by atoms with Gasteiger partial charge in [-0.05, 0) is 37.3 Å². The van der Waals surface area contributed by atoms with E-state index >= 15 is 0 Å². The Morgan fingerprint density at radius 1 is 0.938 bits per heavy atom. The van der Waals surface area contributed by atoms with Crippen LogP contribution in [-0.4, -0.2) is 27.6 Å². The van der Waals surface area contributed by atoms with E-state index in [1.165, 1.54) is 4.68 Å². The first-order valence-electron chi connectivity index (χ1n) is 10.4. The van der Waals surface area contributed by atoms with E-state index in [2.05, 4.69) is 5.10 Å². The van der Waals surface area contributed by atoms with Crippen molar-refractivity contribution in [1.29, 1.82) is 0 Å². The van der Waals surface area contributed by atoms with Crippen LogP contribution in [0.2, 0.25) is 0 Å². The number of hydrogen-bond acceptors (Lipinski definition) is 4. The number of amides is 1. The van der Waals surface area contributed by atoms with Gasteiger partial charge in [-0.15, -0.1) is 0 Å². The molecule has 0 saturated carbocycles. The highest BCUT2D eigenvalue weighted by molar-refractivity contribution is 6.05. The predicted octanol–water partition coefficient (Wildman–Crippen LogP) is 4.97. The zero-order valence-electron chi connectivity index (χ0n) is 17.7. The Bertz CT molecular complexity index is 1470. The molecule has 1 amide bonds. The summed E-state index contributed by atoms with van der Waals surface area (Å²) in [4.78, 5) is 28.3. The second kappa shape index (κ2) is 7.81. The van der Waals surface area contributed by atoms with Crippen LogP contribution < -0.4 is 5.56 Å². The number of rotatable bonds is 4. The first kappa shape index (κ1) is 19.8. The summed E-state index contributed by atoms with van der Waals surface area (Å²) in [6, 6.07) is 25.5. The van der Waals surface area contributed by atoms with Crippen molar-refractivity contribution in [2.24, 2.45) is 0 Å². The molecule has 5 rings (SSSR count). The molecule has 6 nitrogen and oxygen atoms in total. The standard InChI is InChI=1S/C26H21N3O3/c1-17(23-16-18-10-6-9-15-22(18)32-23)28(2)26(31)24-20-13-7-8-14-21(20)25(30)29(27-24)19-11-4-3-5-12-19/h3-17H,1-2H3. The molecular formula is C26H21N3O3. The molecule has 2 aromatic heterocycles. The van der Waals surface area contributed by atoms with Gasteiger partial charge in [0.25, 0.3) is 11.5 Å². The average Bonchev–Trinajstić information content (AvgIpc) is 3.28. The number of carbonyl (C=O) groups is 1. The van der Waals surface area contributed by atoms with Crippen LogP contribution in [0.25, 0.3) is 27.4 Å². The summed E-state index contributed by atoms with van der Waals surface area (Å²) >= 11 is 0. The molecule has 0 radical (unpaired) electrons. The molecule has 2 heterocycles. The molecule has 6 heteroatoms. The van der Waals surface area contributed by atoms with E-state index in [1.807, 2.05) is 55.5 Å². The summed E-state index contributed by atoms with van der Waals surface area (Å²) < 4.78 is 7.25. The van der Waals surface area contributed by atoms with Gasteiger partial charge in [0.2, 0.25) is 0 Å². The van der Waals surface area contributed by atoms with Crippen molar-refractivity contribution in [3.05, 3.63) is 107 Å². The van der Waals surface area contributed by atoms with Gasteiger partial charge in [0, 0.05) is 17.8 Å². The van der Waals surface area contributed by atoms with Gasteiger partial charge in [0.1, 0.15) is 11.3 Å². The first-order chi connectivity index (χ1) is 15.5. The van der Waals surface area contributed by atoms with Crippen molar-refractivity contribution < 1.29 is 9.21 Å². The van der Waals surface area contributed by atoms with Crippen LogP contribution in [0.3, 0.4) is 0 Å². The molecule has 0 saturated heterocycles. The molecule has 158 valence electrons. The van der Waals surface area contributed by atoms with Gasteiger partial charge in [-0.1, -0.05) is 54.6 Å². The lowest BCUT2D eigenvalue weighted by molar-refractivity contribution is 0.0722. The quantitative estimate of drug-likeness (QED) is 0.410. The summed E-state index contributed by atoms with van der Waals surface area (Å²) in [5.74, 6) is 0.390. The maximum Gasteiger partial charge on any atom is 0.279 e. The zero-order chi connectivity index (χ0) is 22.2. The maximum atomic E-state index is 13.6. The van der Waals surface area contributed by atoms with E-state index in [4.69, 9.17) is 4.42 Å². The Balaban J connectivity index is 1.60. The van der Waals surface area contributed by atoms with Crippen LogP contribution in [0.4, 0.5) is 0 Å². The van der Waals surface area contributed by atoms with E-state index < -0.39 is 0 Å². The van der Waals surface area contributed by atoms with E-state index in [-0.39, 0.29) is 23.2 Å². The molecule has 0 fully saturated rings. The lowest BCUT2D eigenvalue weighted by Crippen LogP contribution is -2.33. The van der Waals surface area contributed by atoms with Gasteiger partial charge < -0.3 is 9.32 Å². The Morgan fingerprint density at radius 3 is 2.34 bits per heavy atom. The molecule has 0 aliphatic rings. The molecule has 1 atom stereocenters. The third kappa shape index (κ3) is 3.26. The Kier molecular flexibility index (Phi) is 4.82. The van der Waals surface area contributed by atoms with Crippen molar-refractivity contribution >= 4 is 27.6 Å². The Hall–Kier alpha value is -4.19. The van der Waals surface area contributed by atoms with Crippen LogP contribution in [0, 0.1) is 0 Å². The van der Waals surface area contributed by atoms with Crippen LogP contribution >= 0.6 is 0 Å². The summed E-state index contributed by atoms with van der Waals surface area (Å²) in [6.45, 7) is 1.91. The number of carbonyl (C=O) groups excluding carboxylic acids is 1. The molecule has 3 aromatic carbocycles. The fourth-order valence-electron chi connectivity index (χ4n) is 3.83. The molecular weight excluding hydrogens is 402 g/mol. The summed E-state index contributed by atoms with van der Waals surface area (Å²) in [5.41, 5.74) is 1.33. The van der Waals surface area contributed by atoms with Gasteiger partial charge in [-0.2, -0.15) is 9.78 Å². The fraction of sp³-hybridized carbons (Fsp3) is 0.115. The maximum absolute atomic E-state index is 13.6. The second-order valence-corrected chi connectivity index (χ2v) is 7.73. The number of para-hydroxylation sites is 2. The average molecular weight is 423 g/mol. The smallest absolute Gasteiger partial charge is 0.279 e. The largest absolute Gasteiger partial charge is 0.459 e. The SMILES string of the molecule is CC(c1cc2ccccc2o1)N(C)C(=O)c1nn(-c2ccccc2)c(=O)c2ccccc12. The number of furan rings is 1.